The number of carbonyl (C=O) groups is 3. The summed E-state index contributed by atoms with van der Waals surface area (Å²) in [6.45, 7) is 3.04. The van der Waals surface area contributed by atoms with E-state index >= 15 is 0 Å². The average Bonchev–Trinajstić information content (AvgIpc) is 3.38. The molecular weight excluding hydrogens is 460 g/mol. The van der Waals surface area contributed by atoms with Crippen LogP contribution in [0.5, 0.6) is 5.75 Å². The van der Waals surface area contributed by atoms with Gasteiger partial charge in [0.25, 0.3) is 5.91 Å². The van der Waals surface area contributed by atoms with Gasteiger partial charge in [0.2, 0.25) is 15.9 Å². The monoisotopic (exact) mass is 492 g/mol. The number of urea groups is 1. The van der Waals surface area contributed by atoms with Crippen LogP contribution >= 0.6 is 0 Å². The van der Waals surface area contributed by atoms with Crippen LogP contribution in [-0.2, 0) is 19.6 Å². The molecule has 1 aliphatic carbocycles. The summed E-state index contributed by atoms with van der Waals surface area (Å²) in [5.41, 5.74) is -0.568. The Morgan fingerprint density at radius 1 is 1.12 bits per heavy atom. The van der Waals surface area contributed by atoms with Crippen LogP contribution in [0.4, 0.5) is 10.5 Å². The lowest BCUT2D eigenvalue weighted by atomic mass is 9.98. The van der Waals surface area contributed by atoms with Crippen LogP contribution in [0.3, 0.4) is 0 Å². The molecule has 186 valence electrons. The number of imide groups is 1. The van der Waals surface area contributed by atoms with Crippen molar-refractivity contribution in [3.63, 3.8) is 0 Å². The Bertz CT molecular complexity index is 1060. The number of amides is 4. The number of piperidine rings is 1. The van der Waals surface area contributed by atoms with Crippen molar-refractivity contribution in [2.45, 2.75) is 68.7 Å². The van der Waals surface area contributed by atoms with Gasteiger partial charge in [0.1, 0.15) is 11.3 Å². The van der Waals surface area contributed by atoms with Gasteiger partial charge in [-0.1, -0.05) is 19.3 Å². The first-order valence-electron chi connectivity index (χ1n) is 12.0. The molecule has 2 aliphatic heterocycles. The molecule has 0 radical (unpaired) electrons. The molecule has 0 bridgehead atoms. The fourth-order valence-electron chi connectivity index (χ4n) is 4.93. The van der Waals surface area contributed by atoms with Gasteiger partial charge in [0.15, 0.2) is 0 Å². The Morgan fingerprint density at radius 2 is 1.82 bits per heavy atom. The van der Waals surface area contributed by atoms with E-state index in [0.29, 0.717) is 38.3 Å². The second kappa shape index (κ2) is 9.91. The summed E-state index contributed by atoms with van der Waals surface area (Å²) < 4.78 is 33.2. The predicted molar refractivity (Wildman–Crippen MR) is 125 cm³/mol. The minimum absolute atomic E-state index is 0.0476. The minimum Gasteiger partial charge on any atom is -0.492 e. The molecule has 1 aromatic rings. The number of hydrogen-bond donors (Lipinski definition) is 2. The van der Waals surface area contributed by atoms with Crippen molar-refractivity contribution in [3.05, 3.63) is 18.2 Å². The van der Waals surface area contributed by atoms with Crippen LogP contribution in [0.2, 0.25) is 0 Å². The Labute approximate surface area is 200 Å². The lowest BCUT2D eigenvalue weighted by molar-refractivity contribution is -0.131. The zero-order valence-corrected chi connectivity index (χ0v) is 20.3. The number of nitrogens with zero attached hydrogens (tertiary/aromatic N) is 2. The number of nitrogens with one attached hydrogen (secondary N) is 2. The first-order valence-corrected chi connectivity index (χ1v) is 13.4. The van der Waals surface area contributed by atoms with Gasteiger partial charge in [-0.2, -0.15) is 4.31 Å². The highest BCUT2D eigenvalue weighted by Crippen LogP contribution is 2.35. The maximum absolute atomic E-state index is 13.1. The molecule has 4 rings (SSSR count). The topological polar surface area (TPSA) is 125 Å². The molecule has 0 aromatic heterocycles. The number of ether oxygens (including phenoxy) is 1. The van der Waals surface area contributed by atoms with Crippen LogP contribution in [0.15, 0.2) is 23.1 Å². The van der Waals surface area contributed by atoms with Gasteiger partial charge in [-0.25, -0.2) is 13.2 Å². The van der Waals surface area contributed by atoms with Crippen molar-refractivity contribution < 1.29 is 27.5 Å². The second-order valence-electron chi connectivity index (χ2n) is 9.03. The summed E-state index contributed by atoms with van der Waals surface area (Å²) >= 11 is 0. The number of rotatable bonds is 8. The largest absolute Gasteiger partial charge is 0.492 e. The van der Waals surface area contributed by atoms with Crippen LogP contribution in [0.1, 0.15) is 58.3 Å². The van der Waals surface area contributed by atoms with Gasteiger partial charge in [-0.15, -0.1) is 0 Å². The van der Waals surface area contributed by atoms with Gasteiger partial charge in [0.05, 0.1) is 17.2 Å². The highest BCUT2D eigenvalue weighted by atomic mass is 32.2. The summed E-state index contributed by atoms with van der Waals surface area (Å²) in [4.78, 5) is 39.0. The highest BCUT2D eigenvalue weighted by molar-refractivity contribution is 7.89. The molecule has 1 spiro atoms. The van der Waals surface area contributed by atoms with Crippen LogP contribution in [0.25, 0.3) is 0 Å². The number of sulfonamides is 1. The van der Waals surface area contributed by atoms with E-state index in [1.807, 2.05) is 0 Å². The SMILES string of the molecule is CCOc1ccc(S(=O)(=O)N2CCCCC2)cc1NC(=O)CCN1C(=O)NC2(CCCC2)C1=O. The number of hydrogen-bond acceptors (Lipinski definition) is 6. The number of benzene rings is 1. The molecule has 2 heterocycles. The van der Waals surface area contributed by atoms with Gasteiger partial charge in [0, 0.05) is 26.1 Å². The Hall–Kier alpha value is -2.66. The van der Waals surface area contributed by atoms with Gasteiger partial charge in [-0.3, -0.25) is 14.5 Å². The smallest absolute Gasteiger partial charge is 0.325 e. The molecular formula is C23H32N4O6S. The lowest BCUT2D eigenvalue weighted by Crippen LogP contribution is -2.44. The average molecular weight is 493 g/mol. The molecule has 3 aliphatic rings. The normalized spacial score (nSPS) is 20.6. The molecule has 1 aromatic carbocycles. The molecule has 34 heavy (non-hydrogen) atoms. The molecule has 1 saturated carbocycles. The van der Waals surface area contributed by atoms with Crippen LogP contribution < -0.4 is 15.4 Å². The van der Waals surface area contributed by atoms with Gasteiger partial charge >= 0.3 is 6.03 Å². The predicted octanol–water partition coefficient (Wildman–Crippen LogP) is 2.45. The summed E-state index contributed by atoms with van der Waals surface area (Å²) in [6, 6.07) is 3.97. The van der Waals surface area contributed by atoms with E-state index in [4.69, 9.17) is 4.74 Å². The van der Waals surface area contributed by atoms with E-state index in [1.165, 1.54) is 22.5 Å². The maximum atomic E-state index is 13.1. The molecule has 0 atom stereocenters. The summed E-state index contributed by atoms with van der Waals surface area (Å²) in [5, 5.41) is 5.51. The van der Waals surface area contributed by atoms with Crippen molar-refractivity contribution >= 4 is 33.6 Å². The fraction of sp³-hybridized carbons (Fsp3) is 0.609. The Morgan fingerprint density at radius 3 is 2.50 bits per heavy atom. The maximum Gasteiger partial charge on any atom is 0.325 e. The van der Waals surface area contributed by atoms with E-state index < -0.39 is 27.5 Å². The highest BCUT2D eigenvalue weighted by Gasteiger charge is 2.52. The second-order valence-corrected chi connectivity index (χ2v) is 11.0. The molecule has 4 amide bonds. The number of anilines is 1. The third-order valence-corrected chi connectivity index (χ3v) is 8.64. The Kier molecular flexibility index (Phi) is 7.13. The zero-order valence-electron chi connectivity index (χ0n) is 19.5. The van der Waals surface area contributed by atoms with Crippen molar-refractivity contribution in [2.75, 3.05) is 31.6 Å². The minimum atomic E-state index is -3.68. The molecule has 2 saturated heterocycles. The standard InChI is InChI=1S/C23H32N4O6S/c1-2-33-19-9-8-17(34(31,32)26-13-6-3-7-14-26)16-18(19)24-20(28)10-15-27-21(29)23(25-22(27)30)11-4-5-12-23/h8-9,16H,2-7,10-15H2,1H3,(H,24,28)(H,25,30). The third kappa shape index (κ3) is 4.76. The first kappa shape index (κ1) is 24.5. The molecule has 3 fully saturated rings. The quantitative estimate of drug-likeness (QED) is 0.537. The molecule has 11 heteroatoms. The van der Waals surface area contributed by atoms with Crippen molar-refractivity contribution in [1.29, 1.82) is 0 Å². The van der Waals surface area contributed by atoms with E-state index in [9.17, 15) is 22.8 Å². The third-order valence-electron chi connectivity index (χ3n) is 6.74. The van der Waals surface area contributed by atoms with Crippen molar-refractivity contribution in [1.82, 2.24) is 14.5 Å². The van der Waals surface area contributed by atoms with Crippen LogP contribution in [-0.4, -0.2) is 67.2 Å². The summed E-state index contributed by atoms with van der Waals surface area (Å²) in [6.07, 6.45) is 5.56. The fourth-order valence-corrected chi connectivity index (χ4v) is 6.47. The van der Waals surface area contributed by atoms with Gasteiger partial charge in [-0.05, 0) is 50.8 Å². The Balaban J connectivity index is 1.45. The van der Waals surface area contributed by atoms with E-state index in [2.05, 4.69) is 10.6 Å². The molecule has 10 nitrogen and oxygen atoms in total. The molecule has 2 N–H and O–H groups in total. The van der Waals surface area contributed by atoms with Crippen LogP contribution in [0, 0.1) is 0 Å². The first-order chi connectivity index (χ1) is 16.3. The van der Waals surface area contributed by atoms with E-state index in [1.54, 1.807) is 6.92 Å². The van der Waals surface area contributed by atoms with E-state index in [-0.39, 0.29) is 29.5 Å². The van der Waals surface area contributed by atoms with Crippen molar-refractivity contribution in [2.24, 2.45) is 0 Å². The van der Waals surface area contributed by atoms with Crippen molar-refractivity contribution in [3.8, 4) is 5.75 Å². The summed E-state index contributed by atoms with van der Waals surface area (Å²) in [7, 11) is -3.68. The van der Waals surface area contributed by atoms with E-state index in [0.717, 1.165) is 37.0 Å². The zero-order chi connectivity index (χ0) is 24.3. The molecule has 0 unspecified atom stereocenters. The number of carbonyl (C=O) groups excluding carboxylic acids is 3. The summed E-state index contributed by atoms with van der Waals surface area (Å²) in [5.74, 6) is -0.359. The van der Waals surface area contributed by atoms with Gasteiger partial charge < -0.3 is 15.4 Å². The lowest BCUT2D eigenvalue weighted by Gasteiger charge is -2.26.